The predicted molar refractivity (Wildman–Crippen MR) is 101 cm³/mol. The molecule has 2 rings (SSSR count). The van der Waals surface area contributed by atoms with Crippen molar-refractivity contribution >= 4 is 23.3 Å². The normalized spacial score (nSPS) is 11.6. The van der Waals surface area contributed by atoms with Gasteiger partial charge >= 0.3 is 6.03 Å². The van der Waals surface area contributed by atoms with E-state index in [-0.39, 0.29) is 11.9 Å². The van der Waals surface area contributed by atoms with E-state index in [1.165, 1.54) is 4.90 Å². The van der Waals surface area contributed by atoms with Crippen LogP contribution in [0.3, 0.4) is 0 Å². The highest BCUT2D eigenvalue weighted by atomic mass is 35.5. The van der Waals surface area contributed by atoms with E-state index < -0.39 is 0 Å². The zero-order chi connectivity index (χ0) is 18.4. The first-order chi connectivity index (χ1) is 11.9. The van der Waals surface area contributed by atoms with Crippen LogP contribution in [0.5, 0.6) is 11.5 Å². The summed E-state index contributed by atoms with van der Waals surface area (Å²) in [4.78, 5) is 13.1. The van der Waals surface area contributed by atoms with Gasteiger partial charge in [-0.1, -0.05) is 30.7 Å². The second-order valence-corrected chi connectivity index (χ2v) is 6.37. The molecule has 2 aromatic rings. The fourth-order valence-electron chi connectivity index (χ4n) is 2.19. The highest BCUT2D eigenvalue weighted by molar-refractivity contribution is 6.32. The Hall–Kier alpha value is -2.40. The third kappa shape index (κ3) is 5.29. The molecule has 5 nitrogen and oxygen atoms in total. The molecule has 1 N–H and O–H groups in total. The SMILES string of the molecule is COc1cccc(C(C)COc2ccc(NC(=O)N(C)C)cc2Cl)c1. The van der Waals surface area contributed by atoms with Gasteiger partial charge in [0.2, 0.25) is 0 Å². The maximum atomic E-state index is 11.7. The predicted octanol–water partition coefficient (Wildman–Crippen LogP) is 4.62. The number of rotatable bonds is 6. The number of halogens is 1. The smallest absolute Gasteiger partial charge is 0.321 e. The molecule has 0 aromatic heterocycles. The molecule has 2 aromatic carbocycles. The number of amides is 2. The first-order valence-corrected chi connectivity index (χ1v) is 8.33. The maximum Gasteiger partial charge on any atom is 0.321 e. The Morgan fingerprint density at radius 3 is 2.64 bits per heavy atom. The summed E-state index contributed by atoms with van der Waals surface area (Å²) >= 11 is 6.26. The molecule has 1 atom stereocenters. The fraction of sp³-hybridized carbons (Fsp3) is 0.316. The summed E-state index contributed by atoms with van der Waals surface area (Å²) in [5.74, 6) is 1.59. The molecule has 0 saturated heterocycles. The molecule has 0 heterocycles. The molecule has 25 heavy (non-hydrogen) atoms. The van der Waals surface area contributed by atoms with Crippen LogP contribution in [-0.4, -0.2) is 38.7 Å². The molecule has 0 saturated carbocycles. The average molecular weight is 363 g/mol. The largest absolute Gasteiger partial charge is 0.497 e. The van der Waals surface area contributed by atoms with Crippen molar-refractivity contribution in [3.63, 3.8) is 0 Å². The number of carbonyl (C=O) groups is 1. The van der Waals surface area contributed by atoms with Crippen LogP contribution in [0.25, 0.3) is 0 Å². The number of urea groups is 1. The molecule has 0 fully saturated rings. The highest BCUT2D eigenvalue weighted by Gasteiger charge is 2.11. The molecule has 0 bridgehead atoms. The van der Waals surface area contributed by atoms with Gasteiger partial charge in [0.15, 0.2) is 0 Å². The molecular weight excluding hydrogens is 340 g/mol. The van der Waals surface area contributed by atoms with Crippen molar-refractivity contribution < 1.29 is 14.3 Å². The Kier molecular flexibility index (Phi) is 6.53. The Labute approximate surface area is 153 Å². The number of hydrogen-bond acceptors (Lipinski definition) is 3. The second-order valence-electron chi connectivity index (χ2n) is 5.96. The third-order valence-corrected chi connectivity index (χ3v) is 4.04. The average Bonchev–Trinajstić information content (AvgIpc) is 2.60. The van der Waals surface area contributed by atoms with E-state index >= 15 is 0 Å². The van der Waals surface area contributed by atoms with Crippen molar-refractivity contribution in [1.82, 2.24) is 4.90 Å². The van der Waals surface area contributed by atoms with Crippen LogP contribution >= 0.6 is 11.6 Å². The Bertz CT molecular complexity index is 734. The Morgan fingerprint density at radius 1 is 1.24 bits per heavy atom. The van der Waals surface area contributed by atoms with Gasteiger partial charge in [0, 0.05) is 25.7 Å². The third-order valence-electron chi connectivity index (χ3n) is 3.74. The van der Waals surface area contributed by atoms with Crippen molar-refractivity contribution in [2.75, 3.05) is 33.1 Å². The minimum atomic E-state index is -0.212. The first-order valence-electron chi connectivity index (χ1n) is 7.95. The van der Waals surface area contributed by atoms with Gasteiger partial charge in [-0.15, -0.1) is 0 Å². The summed E-state index contributed by atoms with van der Waals surface area (Å²) in [5.41, 5.74) is 1.75. The molecule has 2 amide bonds. The van der Waals surface area contributed by atoms with Crippen LogP contribution in [-0.2, 0) is 0 Å². The number of hydrogen-bond donors (Lipinski definition) is 1. The van der Waals surface area contributed by atoms with Gasteiger partial charge in [0.25, 0.3) is 0 Å². The van der Waals surface area contributed by atoms with Crippen molar-refractivity contribution in [2.24, 2.45) is 0 Å². The molecule has 0 spiro atoms. The number of benzene rings is 2. The monoisotopic (exact) mass is 362 g/mol. The second kappa shape index (κ2) is 8.62. The van der Waals surface area contributed by atoms with E-state index in [1.54, 1.807) is 39.4 Å². The van der Waals surface area contributed by atoms with Gasteiger partial charge < -0.3 is 19.7 Å². The van der Waals surface area contributed by atoms with Crippen LogP contribution in [0.1, 0.15) is 18.4 Å². The molecule has 6 heteroatoms. The zero-order valence-corrected chi connectivity index (χ0v) is 15.6. The van der Waals surface area contributed by atoms with E-state index in [1.807, 2.05) is 24.3 Å². The number of carbonyl (C=O) groups excluding carboxylic acids is 1. The van der Waals surface area contributed by atoms with Gasteiger partial charge in [-0.2, -0.15) is 0 Å². The summed E-state index contributed by atoms with van der Waals surface area (Å²) in [7, 11) is 5.00. The summed E-state index contributed by atoms with van der Waals surface area (Å²) in [6.07, 6.45) is 0. The lowest BCUT2D eigenvalue weighted by Gasteiger charge is -2.16. The van der Waals surface area contributed by atoms with E-state index in [9.17, 15) is 4.79 Å². The number of methoxy groups -OCH3 is 1. The van der Waals surface area contributed by atoms with Crippen molar-refractivity contribution in [3.05, 3.63) is 53.1 Å². The van der Waals surface area contributed by atoms with E-state index in [0.29, 0.717) is 23.1 Å². The highest BCUT2D eigenvalue weighted by Crippen LogP contribution is 2.29. The maximum absolute atomic E-state index is 11.7. The summed E-state index contributed by atoms with van der Waals surface area (Å²) in [6.45, 7) is 2.56. The van der Waals surface area contributed by atoms with Crippen LogP contribution in [0.2, 0.25) is 5.02 Å². The van der Waals surface area contributed by atoms with Gasteiger partial charge in [-0.25, -0.2) is 4.79 Å². The summed E-state index contributed by atoms with van der Waals surface area (Å²) in [5, 5.41) is 3.20. The Balaban J connectivity index is 1.99. The Morgan fingerprint density at radius 2 is 2.00 bits per heavy atom. The molecule has 0 aliphatic carbocycles. The molecule has 134 valence electrons. The van der Waals surface area contributed by atoms with Crippen molar-refractivity contribution in [3.8, 4) is 11.5 Å². The molecule has 0 aliphatic rings. The summed E-state index contributed by atoms with van der Waals surface area (Å²) in [6, 6.07) is 12.9. The molecule has 0 aliphatic heterocycles. The standard InChI is InChI=1S/C19H23ClN2O3/c1-13(14-6-5-7-16(10-14)24-4)12-25-18-9-8-15(11-17(18)20)21-19(23)22(2)3/h5-11,13H,12H2,1-4H3,(H,21,23). The molecule has 1 unspecified atom stereocenters. The fourth-order valence-corrected chi connectivity index (χ4v) is 2.43. The molecular formula is C19H23ClN2O3. The lowest BCUT2D eigenvalue weighted by atomic mass is 10.0. The van der Waals surface area contributed by atoms with Crippen LogP contribution in [0.4, 0.5) is 10.5 Å². The van der Waals surface area contributed by atoms with Gasteiger partial charge in [-0.05, 0) is 35.9 Å². The van der Waals surface area contributed by atoms with Crippen molar-refractivity contribution in [1.29, 1.82) is 0 Å². The van der Waals surface area contributed by atoms with Crippen molar-refractivity contribution in [2.45, 2.75) is 12.8 Å². The number of anilines is 1. The van der Waals surface area contributed by atoms with Crippen LogP contribution in [0.15, 0.2) is 42.5 Å². The van der Waals surface area contributed by atoms with E-state index in [2.05, 4.69) is 12.2 Å². The summed E-state index contributed by atoms with van der Waals surface area (Å²) < 4.78 is 11.1. The minimum Gasteiger partial charge on any atom is -0.497 e. The number of ether oxygens (including phenoxy) is 2. The molecule has 0 radical (unpaired) electrons. The van der Waals surface area contributed by atoms with Crippen LogP contribution in [0, 0.1) is 0 Å². The lowest BCUT2D eigenvalue weighted by molar-refractivity contribution is 0.230. The topological polar surface area (TPSA) is 50.8 Å². The number of nitrogens with one attached hydrogen (secondary N) is 1. The minimum absolute atomic E-state index is 0.180. The van der Waals surface area contributed by atoms with Gasteiger partial charge in [0.05, 0.1) is 18.7 Å². The first kappa shape index (κ1) is 18.9. The quantitative estimate of drug-likeness (QED) is 0.815. The zero-order valence-electron chi connectivity index (χ0n) is 14.9. The lowest BCUT2D eigenvalue weighted by Crippen LogP contribution is -2.27. The van der Waals surface area contributed by atoms with E-state index in [0.717, 1.165) is 11.3 Å². The van der Waals surface area contributed by atoms with Gasteiger partial charge in [0.1, 0.15) is 11.5 Å². The van der Waals surface area contributed by atoms with Gasteiger partial charge in [-0.3, -0.25) is 0 Å². The van der Waals surface area contributed by atoms with Crippen LogP contribution < -0.4 is 14.8 Å². The number of nitrogens with zero attached hydrogens (tertiary/aromatic N) is 1. The van der Waals surface area contributed by atoms with E-state index in [4.69, 9.17) is 21.1 Å².